The highest BCUT2D eigenvalue weighted by molar-refractivity contribution is 7.91. The molecule has 0 aliphatic rings. The van der Waals surface area contributed by atoms with E-state index in [1.54, 1.807) is 0 Å². The standard InChI is InChI=1S/C10H12N4O4S2/c15-9(16)5-7-1-2-10(19-7)20(17,18)13-4-3-8-11-6-12-14-8/h1-2,6,13H,3-5H2,(H,15,16)(H,11,12,14). The van der Waals surface area contributed by atoms with Gasteiger partial charge in [-0.1, -0.05) is 0 Å². The first-order chi connectivity index (χ1) is 9.47. The Bertz CT molecular complexity index is 678. The smallest absolute Gasteiger partial charge is 0.308 e. The number of carbonyl (C=O) groups is 1. The normalized spacial score (nSPS) is 11.6. The van der Waals surface area contributed by atoms with Crippen LogP contribution in [0.4, 0.5) is 0 Å². The zero-order valence-electron chi connectivity index (χ0n) is 10.2. The molecule has 0 aliphatic heterocycles. The van der Waals surface area contributed by atoms with Crippen molar-refractivity contribution in [3.05, 3.63) is 29.2 Å². The highest BCUT2D eigenvalue weighted by Gasteiger charge is 2.17. The zero-order valence-corrected chi connectivity index (χ0v) is 11.9. The Kier molecular flexibility index (Phi) is 4.47. The second kappa shape index (κ2) is 6.11. The van der Waals surface area contributed by atoms with Gasteiger partial charge in [-0.25, -0.2) is 18.1 Å². The van der Waals surface area contributed by atoms with E-state index in [0.717, 1.165) is 11.3 Å². The molecule has 0 saturated heterocycles. The van der Waals surface area contributed by atoms with E-state index in [1.165, 1.54) is 18.5 Å². The molecule has 0 unspecified atom stereocenters. The number of hydrogen-bond donors (Lipinski definition) is 3. The first kappa shape index (κ1) is 14.6. The maximum Gasteiger partial charge on any atom is 0.308 e. The van der Waals surface area contributed by atoms with Crippen LogP contribution in [-0.2, 0) is 27.7 Å². The largest absolute Gasteiger partial charge is 0.481 e. The fourth-order valence-electron chi connectivity index (χ4n) is 1.47. The Morgan fingerprint density at radius 1 is 1.45 bits per heavy atom. The van der Waals surface area contributed by atoms with Crippen LogP contribution < -0.4 is 4.72 Å². The Balaban J connectivity index is 1.95. The highest BCUT2D eigenvalue weighted by atomic mass is 32.2. The molecule has 3 N–H and O–H groups in total. The average molecular weight is 316 g/mol. The van der Waals surface area contributed by atoms with E-state index in [1.807, 2.05) is 0 Å². The highest BCUT2D eigenvalue weighted by Crippen LogP contribution is 2.21. The number of nitrogens with zero attached hydrogens (tertiary/aromatic N) is 2. The number of rotatable bonds is 7. The van der Waals surface area contributed by atoms with Crippen molar-refractivity contribution in [2.75, 3.05) is 6.54 Å². The van der Waals surface area contributed by atoms with Gasteiger partial charge in [-0.3, -0.25) is 9.89 Å². The molecule has 2 aromatic rings. The molecule has 0 aliphatic carbocycles. The van der Waals surface area contributed by atoms with E-state index in [2.05, 4.69) is 19.9 Å². The Morgan fingerprint density at radius 2 is 2.25 bits per heavy atom. The summed E-state index contributed by atoms with van der Waals surface area (Å²) in [5, 5.41) is 14.9. The number of thiophene rings is 1. The Morgan fingerprint density at radius 3 is 2.90 bits per heavy atom. The molecule has 20 heavy (non-hydrogen) atoms. The van der Waals surface area contributed by atoms with Crippen LogP contribution in [0.25, 0.3) is 0 Å². The lowest BCUT2D eigenvalue weighted by atomic mass is 10.3. The molecular formula is C10H12N4O4S2. The maximum absolute atomic E-state index is 12.0. The summed E-state index contributed by atoms with van der Waals surface area (Å²) in [7, 11) is -3.61. The zero-order chi connectivity index (χ0) is 14.6. The molecular weight excluding hydrogens is 304 g/mol. The third kappa shape index (κ3) is 3.85. The summed E-state index contributed by atoms with van der Waals surface area (Å²) in [4.78, 5) is 14.9. The number of H-pyrrole nitrogens is 1. The fraction of sp³-hybridized carbons (Fsp3) is 0.300. The van der Waals surface area contributed by atoms with Gasteiger partial charge in [0.15, 0.2) is 0 Å². The summed E-state index contributed by atoms with van der Waals surface area (Å²) in [6, 6.07) is 2.91. The second-order valence-electron chi connectivity index (χ2n) is 3.87. The monoisotopic (exact) mass is 316 g/mol. The van der Waals surface area contributed by atoms with E-state index in [-0.39, 0.29) is 17.2 Å². The van der Waals surface area contributed by atoms with E-state index in [0.29, 0.717) is 17.1 Å². The van der Waals surface area contributed by atoms with Gasteiger partial charge in [-0.2, -0.15) is 5.10 Å². The van der Waals surface area contributed by atoms with Gasteiger partial charge < -0.3 is 5.11 Å². The number of aliphatic carboxylic acids is 1. The SMILES string of the molecule is O=C(O)Cc1ccc(S(=O)(=O)NCCc2ncn[nH]2)s1. The molecule has 0 aromatic carbocycles. The number of carboxylic acid groups (broad SMARTS) is 1. The van der Waals surface area contributed by atoms with Crippen molar-refractivity contribution in [3.8, 4) is 0 Å². The summed E-state index contributed by atoms with van der Waals surface area (Å²) in [5.74, 6) is -0.403. The van der Waals surface area contributed by atoms with Gasteiger partial charge in [0, 0.05) is 17.8 Å². The van der Waals surface area contributed by atoms with Gasteiger partial charge in [0.1, 0.15) is 16.4 Å². The van der Waals surface area contributed by atoms with Crippen molar-refractivity contribution >= 4 is 27.3 Å². The summed E-state index contributed by atoms with van der Waals surface area (Å²) in [5.41, 5.74) is 0. The summed E-state index contributed by atoms with van der Waals surface area (Å²) >= 11 is 0.949. The first-order valence-electron chi connectivity index (χ1n) is 5.62. The molecule has 8 nitrogen and oxygen atoms in total. The van der Waals surface area contributed by atoms with Crippen molar-refractivity contribution in [1.29, 1.82) is 0 Å². The predicted molar refractivity (Wildman–Crippen MR) is 70.9 cm³/mol. The fourth-order valence-corrected chi connectivity index (χ4v) is 3.90. The maximum atomic E-state index is 12.0. The lowest BCUT2D eigenvalue weighted by Gasteiger charge is -2.02. The molecule has 0 amide bonds. The predicted octanol–water partition coefficient (Wildman–Crippen LogP) is 0.0143. The quantitative estimate of drug-likeness (QED) is 0.661. The van der Waals surface area contributed by atoms with Crippen LogP contribution in [0, 0.1) is 0 Å². The third-order valence-electron chi connectivity index (χ3n) is 2.35. The van der Waals surface area contributed by atoms with Crippen molar-refractivity contribution in [2.45, 2.75) is 17.1 Å². The molecule has 108 valence electrons. The number of nitrogens with one attached hydrogen (secondary N) is 2. The molecule has 0 saturated carbocycles. The van der Waals surface area contributed by atoms with Crippen LogP contribution in [0.1, 0.15) is 10.7 Å². The molecule has 0 radical (unpaired) electrons. The number of hydrogen-bond acceptors (Lipinski definition) is 6. The van der Waals surface area contributed by atoms with Crippen LogP contribution in [0.5, 0.6) is 0 Å². The van der Waals surface area contributed by atoms with Crippen molar-refractivity contribution in [1.82, 2.24) is 19.9 Å². The van der Waals surface area contributed by atoms with Gasteiger partial charge in [0.2, 0.25) is 10.0 Å². The molecule has 0 spiro atoms. The average Bonchev–Trinajstić information content (AvgIpc) is 2.99. The van der Waals surface area contributed by atoms with Crippen LogP contribution in [0.15, 0.2) is 22.7 Å². The van der Waals surface area contributed by atoms with Gasteiger partial charge in [0.25, 0.3) is 0 Å². The van der Waals surface area contributed by atoms with Crippen molar-refractivity contribution in [3.63, 3.8) is 0 Å². The molecule has 2 aromatic heterocycles. The number of aromatic amines is 1. The van der Waals surface area contributed by atoms with Crippen LogP contribution in [-0.4, -0.2) is 41.2 Å². The van der Waals surface area contributed by atoms with E-state index in [9.17, 15) is 13.2 Å². The Labute approximate surface area is 118 Å². The van der Waals surface area contributed by atoms with Crippen LogP contribution in [0.3, 0.4) is 0 Å². The topological polar surface area (TPSA) is 125 Å². The van der Waals surface area contributed by atoms with Gasteiger partial charge >= 0.3 is 5.97 Å². The number of carboxylic acids is 1. The molecule has 10 heteroatoms. The minimum absolute atomic E-state index is 0.103. The molecule has 2 rings (SSSR count). The van der Waals surface area contributed by atoms with Crippen molar-refractivity contribution < 1.29 is 18.3 Å². The second-order valence-corrected chi connectivity index (χ2v) is 7.03. The molecule has 0 bridgehead atoms. The Hall–Kier alpha value is -1.78. The number of sulfonamides is 1. The first-order valence-corrected chi connectivity index (χ1v) is 7.92. The molecule has 0 atom stereocenters. The van der Waals surface area contributed by atoms with Gasteiger partial charge in [-0.05, 0) is 12.1 Å². The summed E-state index contributed by atoms with van der Waals surface area (Å²) in [6.07, 6.45) is 1.56. The van der Waals surface area contributed by atoms with E-state index in [4.69, 9.17) is 5.11 Å². The lowest BCUT2D eigenvalue weighted by molar-refractivity contribution is -0.136. The molecule has 0 fully saturated rings. The lowest BCUT2D eigenvalue weighted by Crippen LogP contribution is -2.25. The third-order valence-corrected chi connectivity index (χ3v) is 5.38. The minimum Gasteiger partial charge on any atom is -0.481 e. The molecule has 2 heterocycles. The van der Waals surface area contributed by atoms with Gasteiger partial charge in [0.05, 0.1) is 6.42 Å². The van der Waals surface area contributed by atoms with Crippen molar-refractivity contribution in [2.24, 2.45) is 0 Å². The van der Waals surface area contributed by atoms with Crippen LogP contribution >= 0.6 is 11.3 Å². The van der Waals surface area contributed by atoms with Crippen LogP contribution in [0.2, 0.25) is 0 Å². The summed E-state index contributed by atoms with van der Waals surface area (Å²) < 4.78 is 26.5. The van der Waals surface area contributed by atoms with E-state index >= 15 is 0 Å². The van der Waals surface area contributed by atoms with E-state index < -0.39 is 16.0 Å². The minimum atomic E-state index is -3.61. The van der Waals surface area contributed by atoms with Gasteiger partial charge in [-0.15, -0.1) is 11.3 Å². The number of aromatic nitrogens is 3. The summed E-state index contributed by atoms with van der Waals surface area (Å²) in [6.45, 7) is 0.184.